The first kappa shape index (κ1) is 19.2. The standard InChI is InChI=1S/C19H29N3O3/c1-19(2,21(3)4)14-20-17(23)16(13-15-9-6-5-7-10-15)22-11-8-12-25-18(22)24/h5-7,9-10,16H,8,11-14H2,1-4H3,(H,20,23)/t16-/m0/s1. The second kappa shape index (κ2) is 8.34. The summed E-state index contributed by atoms with van der Waals surface area (Å²) < 4.78 is 5.14. The second-order valence-electron chi connectivity index (χ2n) is 7.29. The van der Waals surface area contributed by atoms with Gasteiger partial charge >= 0.3 is 6.09 Å². The van der Waals surface area contributed by atoms with Crippen molar-refractivity contribution in [1.82, 2.24) is 15.1 Å². The van der Waals surface area contributed by atoms with Crippen molar-refractivity contribution in [3.05, 3.63) is 35.9 Å². The summed E-state index contributed by atoms with van der Waals surface area (Å²) in [6.45, 7) is 5.60. The highest BCUT2D eigenvalue weighted by molar-refractivity contribution is 5.86. The normalized spacial score (nSPS) is 16.5. The quantitative estimate of drug-likeness (QED) is 0.818. The van der Waals surface area contributed by atoms with Crippen LogP contribution in [-0.2, 0) is 16.0 Å². The van der Waals surface area contributed by atoms with Crippen LogP contribution in [0.1, 0.15) is 25.8 Å². The number of rotatable bonds is 7. The fourth-order valence-electron chi connectivity index (χ4n) is 2.61. The largest absolute Gasteiger partial charge is 0.449 e. The molecule has 0 radical (unpaired) electrons. The number of amides is 2. The van der Waals surface area contributed by atoms with E-state index in [0.717, 1.165) is 12.0 Å². The van der Waals surface area contributed by atoms with Gasteiger partial charge < -0.3 is 15.0 Å². The molecule has 1 saturated heterocycles. The monoisotopic (exact) mass is 347 g/mol. The van der Waals surface area contributed by atoms with Gasteiger partial charge in [-0.15, -0.1) is 0 Å². The van der Waals surface area contributed by atoms with E-state index in [9.17, 15) is 9.59 Å². The fourth-order valence-corrected chi connectivity index (χ4v) is 2.61. The molecule has 0 aromatic heterocycles. The fraction of sp³-hybridized carbons (Fsp3) is 0.579. The predicted molar refractivity (Wildman–Crippen MR) is 97.4 cm³/mol. The maximum absolute atomic E-state index is 12.9. The van der Waals surface area contributed by atoms with Gasteiger partial charge in [0.1, 0.15) is 6.04 Å². The van der Waals surface area contributed by atoms with Crippen LogP contribution in [0.4, 0.5) is 4.79 Å². The molecular weight excluding hydrogens is 318 g/mol. The molecule has 6 nitrogen and oxygen atoms in total. The van der Waals surface area contributed by atoms with Crippen LogP contribution in [0.2, 0.25) is 0 Å². The van der Waals surface area contributed by atoms with E-state index in [1.807, 2.05) is 44.4 Å². The number of carbonyl (C=O) groups is 2. The smallest absolute Gasteiger partial charge is 0.410 e. The molecule has 138 valence electrons. The van der Waals surface area contributed by atoms with Gasteiger partial charge in [-0.05, 0) is 39.9 Å². The number of benzene rings is 1. The zero-order chi connectivity index (χ0) is 18.4. The van der Waals surface area contributed by atoms with E-state index in [2.05, 4.69) is 24.1 Å². The Balaban J connectivity index is 2.12. The van der Waals surface area contributed by atoms with Crippen molar-refractivity contribution in [3.63, 3.8) is 0 Å². The molecule has 0 saturated carbocycles. The van der Waals surface area contributed by atoms with Crippen molar-refractivity contribution in [2.24, 2.45) is 0 Å². The summed E-state index contributed by atoms with van der Waals surface area (Å²) in [4.78, 5) is 28.7. The Kier molecular flexibility index (Phi) is 6.42. The molecular formula is C19H29N3O3. The Bertz CT molecular complexity index is 587. The Morgan fingerprint density at radius 3 is 2.60 bits per heavy atom. The third-order valence-electron chi connectivity index (χ3n) is 4.86. The third kappa shape index (κ3) is 5.19. The number of nitrogens with zero attached hydrogens (tertiary/aromatic N) is 2. The average Bonchev–Trinajstić information content (AvgIpc) is 2.59. The molecule has 0 spiro atoms. The van der Waals surface area contributed by atoms with E-state index in [1.54, 1.807) is 4.90 Å². The van der Waals surface area contributed by atoms with Crippen molar-refractivity contribution in [3.8, 4) is 0 Å². The lowest BCUT2D eigenvalue weighted by Gasteiger charge is -2.36. The minimum absolute atomic E-state index is 0.141. The molecule has 0 unspecified atom stereocenters. The Morgan fingerprint density at radius 2 is 2.00 bits per heavy atom. The molecule has 1 heterocycles. The summed E-state index contributed by atoms with van der Waals surface area (Å²) in [5.41, 5.74) is 0.850. The SMILES string of the molecule is CN(C)C(C)(C)CNC(=O)[C@H](Cc1ccccc1)N1CCCOC1=O. The zero-order valence-electron chi connectivity index (χ0n) is 15.6. The van der Waals surface area contributed by atoms with E-state index >= 15 is 0 Å². The van der Waals surface area contributed by atoms with Crippen LogP contribution in [0.15, 0.2) is 30.3 Å². The van der Waals surface area contributed by atoms with E-state index in [1.165, 1.54) is 0 Å². The molecule has 25 heavy (non-hydrogen) atoms. The average molecular weight is 347 g/mol. The molecule has 1 N–H and O–H groups in total. The van der Waals surface area contributed by atoms with Gasteiger partial charge in [-0.1, -0.05) is 30.3 Å². The molecule has 6 heteroatoms. The molecule has 0 aliphatic carbocycles. The maximum Gasteiger partial charge on any atom is 0.410 e. The van der Waals surface area contributed by atoms with Crippen LogP contribution in [0.5, 0.6) is 0 Å². The van der Waals surface area contributed by atoms with Crippen molar-refractivity contribution in [1.29, 1.82) is 0 Å². The molecule has 0 bridgehead atoms. The minimum Gasteiger partial charge on any atom is -0.449 e. The number of hydrogen-bond acceptors (Lipinski definition) is 4. The van der Waals surface area contributed by atoms with Gasteiger partial charge in [-0.25, -0.2) is 4.79 Å². The maximum atomic E-state index is 12.9. The van der Waals surface area contributed by atoms with E-state index < -0.39 is 12.1 Å². The van der Waals surface area contributed by atoms with Crippen LogP contribution >= 0.6 is 0 Å². The molecule has 1 aromatic carbocycles. The molecule has 1 aromatic rings. The van der Waals surface area contributed by atoms with Crippen molar-refractivity contribution in [2.75, 3.05) is 33.8 Å². The summed E-state index contributed by atoms with van der Waals surface area (Å²) in [6, 6.07) is 9.20. The number of ether oxygens (including phenoxy) is 1. The summed E-state index contributed by atoms with van der Waals surface area (Å²) in [5.74, 6) is -0.141. The highest BCUT2D eigenvalue weighted by Gasteiger charge is 2.33. The molecule has 1 aliphatic heterocycles. The van der Waals surface area contributed by atoms with Crippen molar-refractivity contribution in [2.45, 2.75) is 38.3 Å². The first-order valence-electron chi connectivity index (χ1n) is 8.74. The van der Waals surface area contributed by atoms with Gasteiger partial charge in [0.15, 0.2) is 0 Å². The number of hydrogen-bond donors (Lipinski definition) is 1. The summed E-state index contributed by atoms with van der Waals surface area (Å²) in [6.07, 6.45) is 0.812. The van der Waals surface area contributed by atoms with Crippen LogP contribution in [-0.4, -0.2) is 67.2 Å². The minimum atomic E-state index is -0.562. The lowest BCUT2D eigenvalue weighted by atomic mass is 10.0. The number of nitrogens with one attached hydrogen (secondary N) is 1. The highest BCUT2D eigenvalue weighted by atomic mass is 16.6. The summed E-state index contributed by atoms with van der Waals surface area (Å²) in [7, 11) is 3.96. The first-order valence-corrected chi connectivity index (χ1v) is 8.74. The van der Waals surface area contributed by atoms with Crippen molar-refractivity contribution < 1.29 is 14.3 Å². The Labute approximate surface area is 150 Å². The van der Waals surface area contributed by atoms with Gasteiger partial charge in [-0.2, -0.15) is 0 Å². The zero-order valence-corrected chi connectivity index (χ0v) is 15.6. The first-order chi connectivity index (χ1) is 11.8. The topological polar surface area (TPSA) is 61.9 Å². The van der Waals surface area contributed by atoms with Gasteiger partial charge in [0, 0.05) is 25.0 Å². The van der Waals surface area contributed by atoms with Gasteiger partial charge in [0.25, 0.3) is 0 Å². The number of likely N-dealkylation sites (N-methyl/N-ethyl adjacent to an activating group) is 1. The van der Waals surface area contributed by atoms with Gasteiger partial charge in [-0.3, -0.25) is 9.69 Å². The van der Waals surface area contributed by atoms with E-state index in [-0.39, 0.29) is 11.4 Å². The van der Waals surface area contributed by atoms with Crippen molar-refractivity contribution >= 4 is 12.0 Å². The third-order valence-corrected chi connectivity index (χ3v) is 4.86. The van der Waals surface area contributed by atoms with Crippen LogP contribution in [0.3, 0.4) is 0 Å². The van der Waals surface area contributed by atoms with Crippen LogP contribution in [0.25, 0.3) is 0 Å². The van der Waals surface area contributed by atoms with Crippen LogP contribution in [0, 0.1) is 0 Å². The molecule has 1 aliphatic rings. The molecule has 1 atom stereocenters. The summed E-state index contributed by atoms with van der Waals surface area (Å²) in [5, 5.41) is 3.01. The van der Waals surface area contributed by atoms with E-state index in [0.29, 0.717) is 26.1 Å². The number of cyclic esters (lactones) is 1. The molecule has 2 amide bonds. The predicted octanol–water partition coefficient (Wildman–Crippen LogP) is 1.90. The lowest BCUT2D eigenvalue weighted by molar-refractivity contribution is -0.127. The Morgan fingerprint density at radius 1 is 1.32 bits per heavy atom. The number of carbonyl (C=O) groups excluding carboxylic acids is 2. The van der Waals surface area contributed by atoms with Gasteiger partial charge in [0.2, 0.25) is 5.91 Å². The van der Waals surface area contributed by atoms with Gasteiger partial charge in [0.05, 0.1) is 6.61 Å². The molecule has 2 rings (SSSR count). The van der Waals surface area contributed by atoms with E-state index in [4.69, 9.17) is 4.74 Å². The summed E-state index contributed by atoms with van der Waals surface area (Å²) >= 11 is 0. The van der Waals surface area contributed by atoms with Crippen LogP contribution < -0.4 is 5.32 Å². The highest BCUT2D eigenvalue weighted by Crippen LogP contribution is 2.16. The second-order valence-corrected chi connectivity index (χ2v) is 7.29. The molecule has 1 fully saturated rings. The Hall–Kier alpha value is -2.08. The lowest BCUT2D eigenvalue weighted by Crippen LogP contribution is -2.56.